The standard InChI is InChI=1S/C26H34ClN5O3/c1-26(2,3)28-23(33)18-31-22(19-9-7-10-20(27)15-19)17-32-21(25(31)34)16-24(29-32)35-14-8-13-30-11-5-4-6-12-30/h7,9-10,15-17H,4-6,8,11-14,18H2,1-3H3,(H,28,33). The summed E-state index contributed by atoms with van der Waals surface area (Å²) in [5.41, 5.74) is 0.897. The van der Waals surface area contributed by atoms with Crippen LogP contribution in [0, 0.1) is 0 Å². The fourth-order valence-electron chi connectivity index (χ4n) is 4.42. The van der Waals surface area contributed by atoms with Gasteiger partial charge >= 0.3 is 0 Å². The van der Waals surface area contributed by atoms with Gasteiger partial charge in [-0.15, -0.1) is 5.10 Å². The van der Waals surface area contributed by atoms with Crippen molar-refractivity contribution in [1.29, 1.82) is 0 Å². The van der Waals surface area contributed by atoms with Gasteiger partial charge in [-0.05, 0) is 65.3 Å². The van der Waals surface area contributed by atoms with E-state index in [4.69, 9.17) is 16.3 Å². The van der Waals surface area contributed by atoms with E-state index in [2.05, 4.69) is 15.3 Å². The Morgan fingerprint density at radius 2 is 1.94 bits per heavy atom. The smallest absolute Gasteiger partial charge is 0.277 e. The Balaban J connectivity index is 1.59. The van der Waals surface area contributed by atoms with E-state index in [1.165, 1.54) is 28.3 Å². The van der Waals surface area contributed by atoms with E-state index in [1.54, 1.807) is 24.4 Å². The number of hydrogen-bond acceptors (Lipinski definition) is 5. The van der Waals surface area contributed by atoms with E-state index in [9.17, 15) is 9.59 Å². The lowest BCUT2D eigenvalue weighted by atomic mass is 10.1. The van der Waals surface area contributed by atoms with Crippen molar-refractivity contribution >= 4 is 23.0 Å². The lowest BCUT2D eigenvalue weighted by Gasteiger charge is -2.26. The van der Waals surface area contributed by atoms with Gasteiger partial charge < -0.3 is 15.0 Å². The summed E-state index contributed by atoms with van der Waals surface area (Å²) in [4.78, 5) is 28.7. The number of piperidine rings is 1. The van der Waals surface area contributed by atoms with E-state index in [0.717, 1.165) is 31.6 Å². The van der Waals surface area contributed by atoms with Crippen molar-refractivity contribution in [3.05, 3.63) is 51.9 Å². The summed E-state index contributed by atoms with van der Waals surface area (Å²) in [5.74, 6) is 0.149. The van der Waals surface area contributed by atoms with Crippen LogP contribution in [0.2, 0.25) is 5.02 Å². The molecule has 0 saturated carbocycles. The molecule has 0 aliphatic carbocycles. The predicted octanol–water partition coefficient (Wildman–Crippen LogP) is 3.99. The number of hydrogen-bond donors (Lipinski definition) is 1. The summed E-state index contributed by atoms with van der Waals surface area (Å²) in [5, 5.41) is 7.94. The maximum atomic E-state index is 13.5. The second-order valence-electron chi connectivity index (χ2n) is 10.1. The minimum Gasteiger partial charge on any atom is -0.477 e. The minimum atomic E-state index is -0.410. The van der Waals surface area contributed by atoms with E-state index in [1.807, 2.05) is 32.9 Å². The first kappa shape index (κ1) is 25.3. The van der Waals surface area contributed by atoms with Crippen LogP contribution in [0.3, 0.4) is 0 Å². The van der Waals surface area contributed by atoms with Crippen molar-refractivity contribution in [3.8, 4) is 17.1 Å². The molecule has 2 aromatic heterocycles. The van der Waals surface area contributed by atoms with Gasteiger partial charge in [0.25, 0.3) is 5.56 Å². The number of carbonyl (C=O) groups excluding carboxylic acids is 1. The second kappa shape index (κ2) is 10.8. The average molecular weight is 500 g/mol. The third-order valence-electron chi connectivity index (χ3n) is 5.97. The first-order valence-electron chi connectivity index (χ1n) is 12.2. The van der Waals surface area contributed by atoms with Crippen LogP contribution in [-0.4, -0.2) is 56.8 Å². The van der Waals surface area contributed by atoms with Gasteiger partial charge in [0.05, 0.1) is 18.5 Å². The molecular weight excluding hydrogens is 466 g/mol. The third kappa shape index (κ3) is 6.64. The molecule has 1 N–H and O–H groups in total. The molecule has 188 valence electrons. The molecule has 1 aliphatic heterocycles. The molecular formula is C26H34ClN5O3. The normalized spacial score (nSPS) is 14.9. The highest BCUT2D eigenvalue weighted by atomic mass is 35.5. The Labute approximate surface area is 210 Å². The highest BCUT2D eigenvalue weighted by Gasteiger charge is 2.19. The van der Waals surface area contributed by atoms with Crippen LogP contribution >= 0.6 is 11.6 Å². The number of amides is 1. The molecule has 0 unspecified atom stereocenters. The molecule has 1 aromatic carbocycles. The van der Waals surface area contributed by atoms with Crippen molar-refractivity contribution < 1.29 is 9.53 Å². The minimum absolute atomic E-state index is 0.119. The van der Waals surface area contributed by atoms with Crippen LogP contribution in [0.1, 0.15) is 46.5 Å². The Kier molecular flexibility index (Phi) is 7.82. The molecule has 0 radical (unpaired) electrons. The summed E-state index contributed by atoms with van der Waals surface area (Å²) >= 11 is 6.22. The fraction of sp³-hybridized carbons (Fsp3) is 0.500. The molecule has 3 aromatic rings. The molecule has 8 nitrogen and oxygen atoms in total. The molecule has 1 fully saturated rings. The van der Waals surface area contributed by atoms with E-state index < -0.39 is 5.54 Å². The third-order valence-corrected chi connectivity index (χ3v) is 6.20. The van der Waals surface area contributed by atoms with Gasteiger partial charge in [0.1, 0.15) is 12.1 Å². The van der Waals surface area contributed by atoms with Crippen LogP contribution in [0.4, 0.5) is 0 Å². The van der Waals surface area contributed by atoms with Crippen molar-refractivity contribution in [2.75, 3.05) is 26.2 Å². The van der Waals surface area contributed by atoms with Crippen LogP contribution in [0.15, 0.2) is 41.3 Å². The number of likely N-dealkylation sites (tertiary alicyclic amines) is 1. The summed E-state index contributed by atoms with van der Waals surface area (Å²) < 4.78 is 8.87. The second-order valence-corrected chi connectivity index (χ2v) is 10.6. The predicted molar refractivity (Wildman–Crippen MR) is 138 cm³/mol. The number of nitrogens with zero attached hydrogens (tertiary/aromatic N) is 4. The highest BCUT2D eigenvalue weighted by molar-refractivity contribution is 6.30. The van der Waals surface area contributed by atoms with Gasteiger partial charge in [-0.25, -0.2) is 4.52 Å². The van der Waals surface area contributed by atoms with E-state index in [-0.39, 0.29) is 18.0 Å². The highest BCUT2D eigenvalue weighted by Crippen LogP contribution is 2.23. The number of benzene rings is 1. The summed E-state index contributed by atoms with van der Waals surface area (Å²) in [7, 11) is 0. The Morgan fingerprint density at radius 1 is 1.17 bits per heavy atom. The lowest BCUT2D eigenvalue weighted by Crippen LogP contribution is -2.43. The number of halogens is 1. The zero-order chi connectivity index (χ0) is 25.0. The van der Waals surface area contributed by atoms with Gasteiger partial charge in [-0.3, -0.25) is 14.2 Å². The SMILES string of the molecule is CC(C)(C)NC(=O)Cn1c(-c2cccc(Cl)c2)cn2nc(OCCCN3CCCCC3)cc2c1=O. The topological polar surface area (TPSA) is 80.9 Å². The monoisotopic (exact) mass is 499 g/mol. The van der Waals surface area contributed by atoms with Crippen LogP contribution in [0.5, 0.6) is 5.88 Å². The maximum Gasteiger partial charge on any atom is 0.277 e. The number of rotatable bonds is 8. The molecule has 3 heterocycles. The van der Waals surface area contributed by atoms with Gasteiger partial charge in [0, 0.05) is 28.7 Å². The molecule has 0 bridgehead atoms. The summed E-state index contributed by atoms with van der Waals surface area (Å²) in [6.45, 7) is 9.44. The number of nitrogens with one attached hydrogen (secondary N) is 1. The molecule has 9 heteroatoms. The average Bonchev–Trinajstić information content (AvgIpc) is 3.21. The number of aromatic nitrogens is 3. The van der Waals surface area contributed by atoms with Crippen molar-refractivity contribution in [3.63, 3.8) is 0 Å². The number of carbonyl (C=O) groups is 1. The van der Waals surface area contributed by atoms with Gasteiger partial charge in [0.15, 0.2) is 0 Å². The molecule has 4 rings (SSSR count). The number of ether oxygens (including phenoxy) is 1. The quantitative estimate of drug-likeness (QED) is 0.474. The molecule has 1 aliphatic rings. The Hall–Kier alpha value is -2.84. The van der Waals surface area contributed by atoms with Crippen LogP contribution in [-0.2, 0) is 11.3 Å². The first-order chi connectivity index (χ1) is 16.7. The van der Waals surface area contributed by atoms with E-state index >= 15 is 0 Å². The Morgan fingerprint density at radius 3 is 2.66 bits per heavy atom. The summed E-state index contributed by atoms with van der Waals surface area (Å²) in [6.07, 6.45) is 6.50. The van der Waals surface area contributed by atoms with Crippen LogP contribution in [0.25, 0.3) is 16.8 Å². The summed E-state index contributed by atoms with van der Waals surface area (Å²) in [6, 6.07) is 8.84. The molecule has 35 heavy (non-hydrogen) atoms. The van der Waals surface area contributed by atoms with Gasteiger partial charge in [-0.1, -0.05) is 30.2 Å². The molecule has 1 amide bonds. The van der Waals surface area contributed by atoms with Crippen LogP contribution < -0.4 is 15.6 Å². The van der Waals surface area contributed by atoms with E-state index in [0.29, 0.717) is 28.7 Å². The zero-order valence-corrected chi connectivity index (χ0v) is 21.5. The lowest BCUT2D eigenvalue weighted by molar-refractivity contribution is -0.123. The Bertz CT molecular complexity index is 1240. The maximum absolute atomic E-state index is 13.5. The van der Waals surface area contributed by atoms with Gasteiger partial charge in [-0.2, -0.15) is 0 Å². The largest absolute Gasteiger partial charge is 0.477 e. The molecule has 0 atom stereocenters. The first-order valence-corrected chi connectivity index (χ1v) is 12.6. The fourth-order valence-corrected chi connectivity index (χ4v) is 4.61. The molecule has 0 spiro atoms. The van der Waals surface area contributed by atoms with Gasteiger partial charge in [0.2, 0.25) is 11.8 Å². The van der Waals surface area contributed by atoms with Crippen molar-refractivity contribution in [2.24, 2.45) is 0 Å². The zero-order valence-electron chi connectivity index (χ0n) is 20.7. The molecule has 1 saturated heterocycles. The number of fused-ring (bicyclic) bond motifs is 1. The van der Waals surface area contributed by atoms with Crippen molar-refractivity contribution in [1.82, 2.24) is 24.4 Å². The van der Waals surface area contributed by atoms with Crippen molar-refractivity contribution in [2.45, 2.75) is 58.5 Å².